The molecule has 2 fully saturated rings. The maximum absolute atomic E-state index is 11.0. The molecule has 0 aliphatic carbocycles. The Kier molecular flexibility index (Phi) is 3.16. The molecule has 0 radical (unpaired) electrons. The number of aliphatic hydroxyl groups excluding tert-OH is 1. The number of hydrogen-bond acceptors (Lipinski definition) is 9. The predicted octanol–water partition coefficient (Wildman–Crippen LogP) is -1.98. The van der Waals surface area contributed by atoms with E-state index < -0.39 is 28.4 Å². The first-order valence-electron chi connectivity index (χ1n) is 4.73. The SMILES string of the molecule is CC1(O)OS(=O)(=O)OC12OC(COCCO)O2. The quantitative estimate of drug-likeness (QED) is 0.561. The van der Waals surface area contributed by atoms with Crippen LogP contribution in [0.5, 0.6) is 0 Å². The maximum atomic E-state index is 11.0. The summed E-state index contributed by atoms with van der Waals surface area (Å²) in [5.74, 6) is -4.45. The molecule has 17 heavy (non-hydrogen) atoms. The van der Waals surface area contributed by atoms with Crippen LogP contribution < -0.4 is 0 Å². The molecule has 1 spiro atoms. The Hall–Kier alpha value is -0.330. The van der Waals surface area contributed by atoms with Crippen molar-refractivity contribution in [1.29, 1.82) is 0 Å². The minimum absolute atomic E-state index is 0.0399. The molecule has 9 nitrogen and oxygen atoms in total. The Labute approximate surface area is 97.1 Å². The van der Waals surface area contributed by atoms with Crippen LogP contribution in [-0.4, -0.2) is 56.5 Å². The van der Waals surface area contributed by atoms with Crippen molar-refractivity contribution in [1.82, 2.24) is 0 Å². The van der Waals surface area contributed by atoms with Crippen LogP contribution >= 0.6 is 0 Å². The second-order valence-corrected chi connectivity index (χ2v) is 4.73. The van der Waals surface area contributed by atoms with E-state index in [4.69, 9.17) is 19.3 Å². The van der Waals surface area contributed by atoms with Crippen LogP contribution in [-0.2, 0) is 33.0 Å². The molecule has 0 saturated carbocycles. The van der Waals surface area contributed by atoms with Crippen LogP contribution in [0.2, 0.25) is 0 Å². The molecule has 2 rings (SSSR count). The van der Waals surface area contributed by atoms with Gasteiger partial charge in [0.05, 0.1) is 19.8 Å². The van der Waals surface area contributed by atoms with E-state index in [0.29, 0.717) is 0 Å². The fourth-order valence-electron chi connectivity index (χ4n) is 1.40. The van der Waals surface area contributed by atoms with Gasteiger partial charge in [-0.25, -0.2) is 4.18 Å². The molecule has 2 saturated heterocycles. The number of rotatable bonds is 4. The van der Waals surface area contributed by atoms with Gasteiger partial charge in [-0.1, -0.05) is 0 Å². The first-order chi connectivity index (χ1) is 7.80. The minimum atomic E-state index is -4.35. The van der Waals surface area contributed by atoms with Crippen molar-refractivity contribution in [2.45, 2.75) is 25.0 Å². The van der Waals surface area contributed by atoms with Gasteiger partial charge in [0.15, 0.2) is 6.29 Å². The summed E-state index contributed by atoms with van der Waals surface area (Å²) in [5.41, 5.74) is 0. The lowest BCUT2D eigenvalue weighted by Crippen LogP contribution is -2.66. The Morgan fingerprint density at radius 2 is 2.00 bits per heavy atom. The molecule has 100 valence electrons. The highest BCUT2D eigenvalue weighted by Gasteiger charge is 2.71. The highest BCUT2D eigenvalue weighted by atomic mass is 32.3. The standard InChI is InChI=1S/C7H12O9S/c1-6(9)7(16-17(10,11)15-6)13-5(14-7)4-12-3-2-8/h5,8-9H,2-4H2,1H3. The Bertz CT molecular complexity index is 382. The molecule has 0 aromatic heterocycles. The van der Waals surface area contributed by atoms with Crippen LogP contribution in [0.25, 0.3) is 0 Å². The van der Waals surface area contributed by atoms with E-state index in [-0.39, 0.29) is 19.8 Å². The smallest absolute Gasteiger partial charge is 0.394 e. The van der Waals surface area contributed by atoms with Crippen molar-refractivity contribution >= 4 is 10.4 Å². The minimum Gasteiger partial charge on any atom is -0.394 e. The number of ether oxygens (including phenoxy) is 3. The van der Waals surface area contributed by atoms with E-state index in [1.54, 1.807) is 0 Å². The van der Waals surface area contributed by atoms with Gasteiger partial charge in [-0.15, -0.1) is 0 Å². The fraction of sp³-hybridized carbons (Fsp3) is 1.00. The topological polar surface area (TPSA) is 121 Å². The van der Waals surface area contributed by atoms with Gasteiger partial charge in [0.2, 0.25) is 0 Å². The zero-order valence-electron chi connectivity index (χ0n) is 8.86. The normalized spacial score (nSPS) is 43.8. The van der Waals surface area contributed by atoms with Crippen molar-refractivity contribution in [3.05, 3.63) is 0 Å². The average molecular weight is 272 g/mol. The molecule has 2 aliphatic heterocycles. The lowest BCUT2D eigenvalue weighted by Gasteiger charge is -2.45. The van der Waals surface area contributed by atoms with Gasteiger partial charge in [-0.2, -0.15) is 12.6 Å². The first kappa shape index (κ1) is 13.1. The summed E-state index contributed by atoms with van der Waals surface area (Å²) in [7, 11) is -4.35. The summed E-state index contributed by atoms with van der Waals surface area (Å²) in [6.07, 6.45) is -0.898. The van der Waals surface area contributed by atoms with Gasteiger partial charge in [-0.3, -0.25) is 9.47 Å². The molecular weight excluding hydrogens is 260 g/mol. The van der Waals surface area contributed by atoms with Crippen LogP contribution in [0.1, 0.15) is 6.92 Å². The summed E-state index contributed by atoms with van der Waals surface area (Å²) in [6, 6.07) is 0. The number of aliphatic hydroxyl groups is 2. The molecule has 0 bridgehead atoms. The lowest BCUT2D eigenvalue weighted by atomic mass is 10.2. The third kappa shape index (κ3) is 2.30. The number of hydrogen-bond donors (Lipinski definition) is 2. The molecule has 0 aromatic rings. The zero-order valence-corrected chi connectivity index (χ0v) is 9.68. The molecule has 0 aromatic carbocycles. The van der Waals surface area contributed by atoms with Crippen LogP contribution in [0.4, 0.5) is 0 Å². The maximum Gasteiger partial charge on any atom is 0.407 e. The predicted molar refractivity (Wildman–Crippen MR) is 48.3 cm³/mol. The molecule has 2 N–H and O–H groups in total. The fourth-order valence-corrected chi connectivity index (χ4v) is 2.44. The van der Waals surface area contributed by atoms with Gasteiger partial charge in [-0.05, 0) is 6.92 Å². The van der Waals surface area contributed by atoms with Gasteiger partial charge < -0.3 is 14.9 Å². The van der Waals surface area contributed by atoms with Crippen molar-refractivity contribution in [3.8, 4) is 0 Å². The molecule has 2 aliphatic rings. The van der Waals surface area contributed by atoms with E-state index in [1.807, 2.05) is 0 Å². The van der Waals surface area contributed by atoms with Gasteiger partial charge in [0.1, 0.15) is 0 Å². The molecule has 1 atom stereocenters. The Balaban J connectivity index is 1.92. The van der Waals surface area contributed by atoms with Crippen LogP contribution in [0, 0.1) is 0 Å². The average Bonchev–Trinajstić information content (AvgIpc) is 2.30. The molecule has 0 amide bonds. The highest BCUT2D eigenvalue weighted by molar-refractivity contribution is 7.82. The summed E-state index contributed by atoms with van der Waals surface area (Å²) < 4.78 is 45.4. The summed E-state index contributed by atoms with van der Waals surface area (Å²) >= 11 is 0. The van der Waals surface area contributed by atoms with Crippen molar-refractivity contribution in [2.75, 3.05) is 19.8 Å². The highest BCUT2D eigenvalue weighted by Crippen LogP contribution is 2.47. The third-order valence-corrected chi connectivity index (χ3v) is 3.06. The molecule has 2 heterocycles. The first-order valence-corrected chi connectivity index (χ1v) is 6.06. The van der Waals surface area contributed by atoms with E-state index in [9.17, 15) is 13.5 Å². The van der Waals surface area contributed by atoms with Crippen LogP contribution in [0.3, 0.4) is 0 Å². The molecule has 1 unspecified atom stereocenters. The molecular formula is C7H12O9S. The van der Waals surface area contributed by atoms with Gasteiger partial charge in [0, 0.05) is 0 Å². The summed E-state index contributed by atoms with van der Waals surface area (Å²) in [4.78, 5) is 0. The van der Waals surface area contributed by atoms with Crippen LogP contribution in [0.15, 0.2) is 0 Å². The van der Waals surface area contributed by atoms with E-state index in [1.165, 1.54) is 0 Å². The summed E-state index contributed by atoms with van der Waals surface area (Å²) in [6.45, 7) is 0.913. The largest absolute Gasteiger partial charge is 0.407 e. The van der Waals surface area contributed by atoms with E-state index >= 15 is 0 Å². The van der Waals surface area contributed by atoms with Crippen molar-refractivity contribution < 1.29 is 41.2 Å². The van der Waals surface area contributed by atoms with Gasteiger partial charge in [0.25, 0.3) is 5.79 Å². The Morgan fingerprint density at radius 3 is 2.47 bits per heavy atom. The lowest BCUT2D eigenvalue weighted by molar-refractivity contribution is -0.565. The third-order valence-electron chi connectivity index (χ3n) is 2.11. The second-order valence-electron chi connectivity index (χ2n) is 3.58. The second kappa shape index (κ2) is 4.10. The summed E-state index contributed by atoms with van der Waals surface area (Å²) in [5, 5.41) is 18.1. The Morgan fingerprint density at radius 1 is 1.35 bits per heavy atom. The van der Waals surface area contributed by atoms with Crippen molar-refractivity contribution in [3.63, 3.8) is 0 Å². The monoisotopic (exact) mass is 272 g/mol. The molecule has 10 heteroatoms. The van der Waals surface area contributed by atoms with Crippen molar-refractivity contribution in [2.24, 2.45) is 0 Å². The van der Waals surface area contributed by atoms with Gasteiger partial charge >= 0.3 is 16.4 Å². The zero-order chi connectivity index (χ0) is 12.7. The van der Waals surface area contributed by atoms with E-state index in [0.717, 1.165) is 6.92 Å². The van der Waals surface area contributed by atoms with E-state index in [2.05, 4.69) is 8.37 Å².